The van der Waals surface area contributed by atoms with E-state index in [0.29, 0.717) is 25.4 Å². The molecule has 0 unspecified atom stereocenters. The lowest BCUT2D eigenvalue weighted by Crippen LogP contribution is -2.44. The summed E-state index contributed by atoms with van der Waals surface area (Å²) in [5.41, 5.74) is 1.32. The van der Waals surface area contributed by atoms with Crippen molar-refractivity contribution in [1.82, 2.24) is 15.1 Å². The molecular weight excluding hydrogens is 274 g/mol. The first kappa shape index (κ1) is 11.6. The third-order valence-electron chi connectivity index (χ3n) is 2.60. The zero-order chi connectivity index (χ0) is 11.7. The van der Waals surface area contributed by atoms with Gasteiger partial charge in [-0.15, -0.1) is 0 Å². The van der Waals surface area contributed by atoms with E-state index in [2.05, 4.69) is 26.1 Å². The molecule has 1 saturated heterocycles. The van der Waals surface area contributed by atoms with Crippen molar-refractivity contribution < 1.29 is 9.53 Å². The summed E-state index contributed by atoms with van der Waals surface area (Å²) < 4.78 is 6.14. The van der Waals surface area contributed by atoms with Gasteiger partial charge >= 0.3 is 0 Å². The zero-order valence-electron chi connectivity index (χ0n) is 9.29. The van der Waals surface area contributed by atoms with Gasteiger partial charge in [0.1, 0.15) is 0 Å². The molecule has 2 rings (SSSR count). The Morgan fingerprint density at radius 1 is 1.69 bits per heavy atom. The van der Waals surface area contributed by atoms with E-state index in [1.165, 1.54) is 0 Å². The lowest BCUT2D eigenvalue weighted by atomic mass is 10.2. The number of carbonyl (C=O) groups excluding carboxylic acids is 1. The highest BCUT2D eigenvalue weighted by molar-refractivity contribution is 9.10. The quantitative estimate of drug-likeness (QED) is 0.848. The van der Waals surface area contributed by atoms with Gasteiger partial charge < -0.3 is 9.64 Å². The van der Waals surface area contributed by atoms with Crippen LogP contribution in [-0.2, 0) is 4.74 Å². The predicted octanol–water partition coefficient (Wildman–Crippen LogP) is 1.34. The standard InChI is InChI=1S/C10H14BrN3O2/c1-6-5-14(3-4-16-6)10(15)9-8(11)7(2)12-13-9/h6H,3-5H2,1-2H3,(H,12,13)/t6-/m0/s1. The van der Waals surface area contributed by atoms with E-state index >= 15 is 0 Å². The van der Waals surface area contributed by atoms with Crippen LogP contribution in [0.15, 0.2) is 4.47 Å². The number of hydrogen-bond acceptors (Lipinski definition) is 3. The van der Waals surface area contributed by atoms with Gasteiger partial charge in [-0.2, -0.15) is 5.10 Å². The molecule has 1 atom stereocenters. The maximum atomic E-state index is 12.1. The number of hydrogen-bond donors (Lipinski definition) is 1. The van der Waals surface area contributed by atoms with E-state index < -0.39 is 0 Å². The number of morpholine rings is 1. The van der Waals surface area contributed by atoms with Crippen LogP contribution in [0, 0.1) is 6.92 Å². The normalized spacial score (nSPS) is 21.2. The first-order valence-corrected chi connectivity index (χ1v) is 6.00. The molecule has 1 aliphatic rings. The van der Waals surface area contributed by atoms with Crippen molar-refractivity contribution in [3.8, 4) is 0 Å². The van der Waals surface area contributed by atoms with Crippen molar-refractivity contribution in [2.75, 3.05) is 19.7 Å². The number of halogens is 1. The Morgan fingerprint density at radius 3 is 3.00 bits per heavy atom. The van der Waals surface area contributed by atoms with Crippen molar-refractivity contribution in [2.45, 2.75) is 20.0 Å². The fraction of sp³-hybridized carbons (Fsp3) is 0.600. The molecule has 6 heteroatoms. The molecular formula is C10H14BrN3O2. The average molecular weight is 288 g/mol. The fourth-order valence-electron chi connectivity index (χ4n) is 1.71. The summed E-state index contributed by atoms with van der Waals surface area (Å²) in [4.78, 5) is 13.9. The molecule has 1 aromatic rings. The Kier molecular flexibility index (Phi) is 3.30. The second-order valence-electron chi connectivity index (χ2n) is 3.94. The molecule has 16 heavy (non-hydrogen) atoms. The number of aryl methyl sites for hydroxylation is 1. The van der Waals surface area contributed by atoms with Crippen LogP contribution in [0.1, 0.15) is 23.1 Å². The van der Waals surface area contributed by atoms with Crippen LogP contribution in [0.25, 0.3) is 0 Å². The summed E-state index contributed by atoms with van der Waals surface area (Å²) in [5.74, 6) is -0.0497. The molecule has 88 valence electrons. The van der Waals surface area contributed by atoms with Gasteiger partial charge in [0.15, 0.2) is 5.69 Å². The minimum Gasteiger partial charge on any atom is -0.375 e. The van der Waals surface area contributed by atoms with Crippen molar-refractivity contribution in [1.29, 1.82) is 0 Å². The van der Waals surface area contributed by atoms with Crippen LogP contribution in [0.4, 0.5) is 0 Å². The predicted molar refractivity (Wildman–Crippen MR) is 62.3 cm³/mol. The number of aromatic nitrogens is 2. The van der Waals surface area contributed by atoms with Crippen LogP contribution in [0.3, 0.4) is 0 Å². The van der Waals surface area contributed by atoms with E-state index in [0.717, 1.165) is 10.2 Å². The molecule has 5 nitrogen and oxygen atoms in total. The summed E-state index contributed by atoms with van der Waals surface area (Å²) in [6, 6.07) is 0. The summed E-state index contributed by atoms with van der Waals surface area (Å²) in [7, 11) is 0. The van der Waals surface area contributed by atoms with E-state index in [1.807, 2.05) is 13.8 Å². The van der Waals surface area contributed by atoms with Gasteiger partial charge in [0.25, 0.3) is 5.91 Å². The Morgan fingerprint density at radius 2 is 2.44 bits per heavy atom. The molecule has 1 aliphatic heterocycles. The molecule has 0 spiro atoms. The number of carbonyl (C=O) groups is 1. The van der Waals surface area contributed by atoms with Crippen LogP contribution in [-0.4, -0.2) is 46.8 Å². The van der Waals surface area contributed by atoms with Gasteiger partial charge in [0, 0.05) is 18.8 Å². The minimum atomic E-state index is -0.0497. The number of H-pyrrole nitrogens is 1. The lowest BCUT2D eigenvalue weighted by molar-refractivity contribution is -0.0126. The molecule has 1 amide bonds. The Labute approximate surface area is 102 Å². The molecule has 0 saturated carbocycles. The number of ether oxygens (including phenoxy) is 1. The smallest absolute Gasteiger partial charge is 0.275 e. The van der Waals surface area contributed by atoms with Crippen molar-refractivity contribution in [3.63, 3.8) is 0 Å². The van der Waals surface area contributed by atoms with Gasteiger partial charge in [-0.05, 0) is 29.8 Å². The van der Waals surface area contributed by atoms with Gasteiger partial charge in [0.05, 0.1) is 17.2 Å². The Bertz CT molecular complexity index is 405. The summed E-state index contributed by atoms with van der Waals surface area (Å²) in [6.45, 7) is 5.67. The molecule has 1 aromatic heterocycles. The maximum absolute atomic E-state index is 12.1. The van der Waals surface area contributed by atoms with E-state index in [9.17, 15) is 4.79 Å². The third kappa shape index (κ3) is 2.12. The molecule has 0 aromatic carbocycles. The third-order valence-corrected chi connectivity index (χ3v) is 3.57. The van der Waals surface area contributed by atoms with Gasteiger partial charge in [-0.3, -0.25) is 9.89 Å². The highest BCUT2D eigenvalue weighted by atomic mass is 79.9. The summed E-state index contributed by atoms with van der Waals surface area (Å²) in [5, 5.41) is 6.80. The molecule has 0 aliphatic carbocycles. The Hall–Kier alpha value is -0.880. The van der Waals surface area contributed by atoms with Crippen molar-refractivity contribution in [2.24, 2.45) is 0 Å². The first-order chi connectivity index (χ1) is 7.59. The van der Waals surface area contributed by atoms with Crippen molar-refractivity contribution >= 4 is 21.8 Å². The van der Waals surface area contributed by atoms with Gasteiger partial charge in [0.2, 0.25) is 0 Å². The van der Waals surface area contributed by atoms with E-state index in [-0.39, 0.29) is 12.0 Å². The van der Waals surface area contributed by atoms with Crippen LogP contribution in [0.5, 0.6) is 0 Å². The number of nitrogens with one attached hydrogen (secondary N) is 1. The average Bonchev–Trinajstić information content (AvgIpc) is 2.59. The topological polar surface area (TPSA) is 58.2 Å². The lowest BCUT2D eigenvalue weighted by Gasteiger charge is -2.30. The maximum Gasteiger partial charge on any atom is 0.275 e. The number of rotatable bonds is 1. The molecule has 1 fully saturated rings. The zero-order valence-corrected chi connectivity index (χ0v) is 10.9. The largest absolute Gasteiger partial charge is 0.375 e. The fourth-order valence-corrected chi connectivity index (χ4v) is 2.06. The monoisotopic (exact) mass is 287 g/mol. The van der Waals surface area contributed by atoms with E-state index in [4.69, 9.17) is 4.74 Å². The van der Waals surface area contributed by atoms with E-state index in [1.54, 1.807) is 4.90 Å². The highest BCUT2D eigenvalue weighted by Gasteiger charge is 2.26. The van der Waals surface area contributed by atoms with Crippen LogP contribution >= 0.6 is 15.9 Å². The van der Waals surface area contributed by atoms with Crippen LogP contribution < -0.4 is 0 Å². The van der Waals surface area contributed by atoms with Crippen LogP contribution in [0.2, 0.25) is 0 Å². The number of nitrogens with zero attached hydrogens (tertiary/aromatic N) is 2. The molecule has 1 N–H and O–H groups in total. The first-order valence-electron chi connectivity index (χ1n) is 5.21. The van der Waals surface area contributed by atoms with Gasteiger partial charge in [-0.25, -0.2) is 0 Å². The summed E-state index contributed by atoms with van der Waals surface area (Å²) in [6.07, 6.45) is 0.0940. The summed E-state index contributed by atoms with van der Waals surface area (Å²) >= 11 is 3.36. The van der Waals surface area contributed by atoms with Gasteiger partial charge in [-0.1, -0.05) is 0 Å². The highest BCUT2D eigenvalue weighted by Crippen LogP contribution is 2.20. The second kappa shape index (κ2) is 4.55. The van der Waals surface area contributed by atoms with Crippen molar-refractivity contribution in [3.05, 3.63) is 15.9 Å². The molecule has 0 bridgehead atoms. The number of aromatic amines is 1. The second-order valence-corrected chi connectivity index (χ2v) is 4.74. The Balaban J connectivity index is 2.15. The SMILES string of the molecule is Cc1[nH]nc(C(=O)N2CCO[C@@H](C)C2)c1Br. The molecule has 0 radical (unpaired) electrons. The number of amides is 1. The minimum absolute atomic E-state index is 0.0497. The molecule has 2 heterocycles.